The van der Waals surface area contributed by atoms with Crippen LogP contribution in [0.5, 0.6) is 0 Å². The minimum atomic E-state index is -2.64. The first-order valence-corrected chi connectivity index (χ1v) is 5.71. The molecule has 0 aliphatic carbocycles. The van der Waals surface area contributed by atoms with Gasteiger partial charge in [-0.15, -0.1) is 0 Å². The highest BCUT2D eigenvalue weighted by molar-refractivity contribution is 5.89. The quantitative estimate of drug-likeness (QED) is 0.276. The fourth-order valence-corrected chi connectivity index (χ4v) is 1.77. The number of carbonyl (C=O) groups excluding carboxylic acids is 1. The SMILES string of the molecule is C=C(C(=O)OCC)C1(O)O[C@H](CO)[C@@H](O)[C@H](O)[C@H]1O. The normalized spacial score (nSPS) is 38.8. The van der Waals surface area contributed by atoms with E-state index in [0.717, 1.165) is 0 Å². The third-order valence-electron chi connectivity index (χ3n) is 2.92. The van der Waals surface area contributed by atoms with E-state index >= 15 is 0 Å². The highest BCUT2D eigenvalue weighted by Gasteiger charge is 2.55. The van der Waals surface area contributed by atoms with Crippen LogP contribution in [0.1, 0.15) is 6.92 Å². The Morgan fingerprint density at radius 3 is 2.42 bits per heavy atom. The number of hydrogen-bond acceptors (Lipinski definition) is 8. The minimum Gasteiger partial charge on any atom is -0.462 e. The van der Waals surface area contributed by atoms with Gasteiger partial charge in [-0.3, -0.25) is 0 Å². The first kappa shape index (κ1) is 16.0. The maximum Gasteiger partial charge on any atom is 0.338 e. The van der Waals surface area contributed by atoms with Crippen molar-refractivity contribution < 1.29 is 39.8 Å². The molecule has 0 aromatic carbocycles. The summed E-state index contributed by atoms with van der Waals surface area (Å²) in [5.74, 6) is -3.66. The molecular weight excluding hydrogens is 260 g/mol. The highest BCUT2D eigenvalue weighted by Crippen LogP contribution is 2.33. The predicted molar refractivity (Wildman–Crippen MR) is 60.7 cm³/mol. The van der Waals surface area contributed by atoms with Gasteiger partial charge in [-0.25, -0.2) is 4.79 Å². The Morgan fingerprint density at radius 2 is 1.95 bits per heavy atom. The molecule has 0 amide bonds. The fourth-order valence-electron chi connectivity index (χ4n) is 1.77. The Hall–Kier alpha value is -1.03. The molecule has 0 bridgehead atoms. The lowest BCUT2D eigenvalue weighted by Crippen LogP contribution is -2.66. The molecule has 1 heterocycles. The summed E-state index contributed by atoms with van der Waals surface area (Å²) in [6, 6.07) is 0. The Morgan fingerprint density at radius 1 is 1.37 bits per heavy atom. The Bertz CT molecular complexity index is 355. The standard InChI is InChI=1S/C11H18O8/c1-3-18-10(16)5(2)11(17)9(15)8(14)7(13)6(4-12)19-11/h6-9,12-15,17H,2-4H2,1H3/t6-,7-,8+,9-,11?/m1/s1. The molecule has 1 saturated heterocycles. The van der Waals surface area contributed by atoms with Gasteiger partial charge in [0.2, 0.25) is 5.79 Å². The van der Waals surface area contributed by atoms with Crippen LogP contribution < -0.4 is 0 Å². The maximum atomic E-state index is 11.5. The molecular formula is C11H18O8. The molecule has 1 rings (SSSR count). The van der Waals surface area contributed by atoms with Gasteiger partial charge in [0.15, 0.2) is 0 Å². The van der Waals surface area contributed by atoms with E-state index in [0.29, 0.717) is 0 Å². The van der Waals surface area contributed by atoms with Gasteiger partial charge in [-0.2, -0.15) is 0 Å². The molecule has 19 heavy (non-hydrogen) atoms. The van der Waals surface area contributed by atoms with Crippen LogP contribution in [-0.2, 0) is 14.3 Å². The molecule has 5 N–H and O–H groups in total. The molecule has 1 aliphatic rings. The monoisotopic (exact) mass is 278 g/mol. The third kappa shape index (κ3) is 2.78. The Kier molecular flexibility index (Phi) is 5.02. The second-order valence-corrected chi connectivity index (χ2v) is 4.16. The van der Waals surface area contributed by atoms with Crippen molar-refractivity contribution in [3.8, 4) is 0 Å². The number of carbonyl (C=O) groups is 1. The van der Waals surface area contributed by atoms with Gasteiger partial charge in [0.1, 0.15) is 24.4 Å². The van der Waals surface area contributed by atoms with E-state index in [9.17, 15) is 25.2 Å². The van der Waals surface area contributed by atoms with Crippen molar-refractivity contribution in [1.82, 2.24) is 0 Å². The zero-order chi connectivity index (χ0) is 14.8. The summed E-state index contributed by atoms with van der Waals surface area (Å²) in [6.07, 6.45) is -6.82. The number of ether oxygens (including phenoxy) is 2. The van der Waals surface area contributed by atoms with Crippen LogP contribution in [0.4, 0.5) is 0 Å². The molecule has 0 radical (unpaired) electrons. The number of aliphatic hydroxyl groups excluding tert-OH is 4. The van der Waals surface area contributed by atoms with Crippen molar-refractivity contribution in [3.05, 3.63) is 12.2 Å². The fraction of sp³-hybridized carbons (Fsp3) is 0.727. The molecule has 5 atom stereocenters. The van der Waals surface area contributed by atoms with Crippen LogP contribution in [-0.4, -0.2) is 74.9 Å². The average molecular weight is 278 g/mol. The first-order valence-electron chi connectivity index (χ1n) is 5.71. The third-order valence-corrected chi connectivity index (χ3v) is 2.92. The number of esters is 1. The van der Waals surface area contributed by atoms with Crippen LogP contribution >= 0.6 is 0 Å². The summed E-state index contributed by atoms with van der Waals surface area (Å²) >= 11 is 0. The summed E-state index contributed by atoms with van der Waals surface area (Å²) in [5.41, 5.74) is -0.633. The lowest BCUT2D eigenvalue weighted by atomic mass is 9.88. The topological polar surface area (TPSA) is 137 Å². The lowest BCUT2D eigenvalue weighted by molar-refractivity contribution is -0.331. The van der Waals surface area contributed by atoms with Crippen molar-refractivity contribution in [2.45, 2.75) is 37.1 Å². The molecule has 1 aliphatic heterocycles. The van der Waals surface area contributed by atoms with Crippen LogP contribution in [0.3, 0.4) is 0 Å². The van der Waals surface area contributed by atoms with E-state index in [1.54, 1.807) is 0 Å². The molecule has 0 saturated carbocycles. The van der Waals surface area contributed by atoms with Gasteiger partial charge in [0.25, 0.3) is 0 Å². The molecule has 0 aromatic heterocycles. The number of hydrogen-bond donors (Lipinski definition) is 5. The summed E-state index contributed by atoms with van der Waals surface area (Å²) in [7, 11) is 0. The Balaban J connectivity index is 3.01. The molecule has 8 nitrogen and oxygen atoms in total. The molecule has 0 spiro atoms. The zero-order valence-corrected chi connectivity index (χ0v) is 10.4. The van der Waals surface area contributed by atoms with Crippen LogP contribution in [0.15, 0.2) is 12.2 Å². The molecule has 1 fully saturated rings. The van der Waals surface area contributed by atoms with Crippen LogP contribution in [0, 0.1) is 0 Å². The summed E-state index contributed by atoms with van der Waals surface area (Å²) in [6.45, 7) is 4.07. The lowest BCUT2D eigenvalue weighted by Gasteiger charge is -2.45. The second-order valence-electron chi connectivity index (χ2n) is 4.16. The zero-order valence-electron chi connectivity index (χ0n) is 10.4. The molecule has 8 heteroatoms. The van der Waals surface area contributed by atoms with E-state index < -0.39 is 48.4 Å². The predicted octanol–water partition coefficient (Wildman–Crippen LogP) is -2.73. The van der Waals surface area contributed by atoms with E-state index in [4.69, 9.17) is 9.84 Å². The van der Waals surface area contributed by atoms with Gasteiger partial charge in [-0.05, 0) is 6.92 Å². The van der Waals surface area contributed by atoms with Crippen molar-refractivity contribution in [3.63, 3.8) is 0 Å². The maximum absolute atomic E-state index is 11.5. The van der Waals surface area contributed by atoms with Crippen molar-refractivity contribution >= 4 is 5.97 Å². The smallest absolute Gasteiger partial charge is 0.338 e. The molecule has 1 unspecified atom stereocenters. The van der Waals surface area contributed by atoms with E-state index in [1.807, 2.05) is 0 Å². The molecule has 110 valence electrons. The van der Waals surface area contributed by atoms with Crippen LogP contribution in [0.2, 0.25) is 0 Å². The van der Waals surface area contributed by atoms with Gasteiger partial charge in [0.05, 0.1) is 18.8 Å². The average Bonchev–Trinajstić information content (AvgIpc) is 2.40. The van der Waals surface area contributed by atoms with E-state index in [2.05, 4.69) is 11.3 Å². The summed E-state index contributed by atoms with van der Waals surface area (Å²) < 4.78 is 9.50. The van der Waals surface area contributed by atoms with Crippen molar-refractivity contribution in [1.29, 1.82) is 0 Å². The second kappa shape index (κ2) is 5.95. The number of aliphatic hydroxyl groups is 5. The number of rotatable bonds is 4. The Labute approximate surface area is 109 Å². The van der Waals surface area contributed by atoms with Crippen LogP contribution in [0.25, 0.3) is 0 Å². The summed E-state index contributed by atoms with van der Waals surface area (Å²) in [5, 5.41) is 48.0. The van der Waals surface area contributed by atoms with E-state index in [-0.39, 0.29) is 6.61 Å². The largest absolute Gasteiger partial charge is 0.462 e. The minimum absolute atomic E-state index is 0.0125. The summed E-state index contributed by atoms with van der Waals surface area (Å²) in [4.78, 5) is 11.5. The first-order chi connectivity index (χ1) is 8.79. The van der Waals surface area contributed by atoms with Gasteiger partial charge >= 0.3 is 5.97 Å². The van der Waals surface area contributed by atoms with Gasteiger partial charge < -0.3 is 35.0 Å². The van der Waals surface area contributed by atoms with E-state index in [1.165, 1.54) is 6.92 Å². The van der Waals surface area contributed by atoms with Gasteiger partial charge in [-0.1, -0.05) is 6.58 Å². The van der Waals surface area contributed by atoms with Crippen molar-refractivity contribution in [2.24, 2.45) is 0 Å². The molecule has 0 aromatic rings. The highest BCUT2D eigenvalue weighted by atomic mass is 16.7. The van der Waals surface area contributed by atoms with Crippen molar-refractivity contribution in [2.75, 3.05) is 13.2 Å². The van der Waals surface area contributed by atoms with Gasteiger partial charge in [0, 0.05) is 0 Å².